The maximum absolute atomic E-state index is 13.0. The number of aromatic nitrogens is 2. The molecular formula is C29H30N4O3. The molecule has 4 aromatic rings. The standard InChI is InChI=1S/C29H30N4O3/c34-27(30-24-14-16-32(17-15-24)20-22-9-5-2-6-10-22)23-11-12-25-26(19-23)31-29(36)33(28(25)35)18-13-21-7-3-1-4-8-21/h1-12,19,24H,13-18,20H2,(H,30,34)(H,31,36). The number of hydrogen-bond donors (Lipinski definition) is 2. The number of benzene rings is 3. The molecule has 7 heteroatoms. The van der Waals surface area contributed by atoms with Crippen molar-refractivity contribution in [3.63, 3.8) is 0 Å². The Morgan fingerprint density at radius 1 is 0.889 bits per heavy atom. The summed E-state index contributed by atoms with van der Waals surface area (Å²) in [6.07, 6.45) is 2.35. The van der Waals surface area contributed by atoms with Crippen LogP contribution >= 0.6 is 0 Å². The molecule has 184 valence electrons. The zero-order valence-corrected chi connectivity index (χ0v) is 20.2. The molecule has 1 aromatic heterocycles. The second-order valence-electron chi connectivity index (χ2n) is 9.39. The second-order valence-corrected chi connectivity index (χ2v) is 9.39. The van der Waals surface area contributed by atoms with Crippen LogP contribution in [0.3, 0.4) is 0 Å². The van der Waals surface area contributed by atoms with Crippen LogP contribution in [0.1, 0.15) is 34.3 Å². The number of piperidine rings is 1. The lowest BCUT2D eigenvalue weighted by molar-refractivity contribution is 0.0909. The van der Waals surface area contributed by atoms with Crippen LogP contribution < -0.4 is 16.6 Å². The molecule has 1 fully saturated rings. The van der Waals surface area contributed by atoms with Crippen LogP contribution in [0.2, 0.25) is 0 Å². The van der Waals surface area contributed by atoms with Gasteiger partial charge in [-0.25, -0.2) is 4.79 Å². The number of likely N-dealkylation sites (tertiary alicyclic amines) is 1. The number of nitrogens with one attached hydrogen (secondary N) is 2. The van der Waals surface area contributed by atoms with Crippen molar-refractivity contribution < 1.29 is 4.79 Å². The fourth-order valence-corrected chi connectivity index (χ4v) is 4.83. The first kappa shape index (κ1) is 23.8. The molecular weight excluding hydrogens is 452 g/mol. The number of nitrogens with zero attached hydrogens (tertiary/aromatic N) is 2. The van der Waals surface area contributed by atoms with Crippen LogP contribution in [0.5, 0.6) is 0 Å². The summed E-state index contributed by atoms with van der Waals surface area (Å²) in [6, 6.07) is 25.1. The quantitative estimate of drug-likeness (QED) is 0.423. The largest absolute Gasteiger partial charge is 0.349 e. The summed E-state index contributed by atoms with van der Waals surface area (Å²) in [5.74, 6) is -0.187. The molecule has 1 aliphatic rings. The van der Waals surface area contributed by atoms with Gasteiger partial charge in [0, 0.05) is 37.8 Å². The SMILES string of the molecule is O=C(NC1CCN(Cc2ccccc2)CC1)c1ccc2c(=O)n(CCc3ccccc3)c(=O)[nH]c2c1. The lowest BCUT2D eigenvalue weighted by Crippen LogP contribution is -2.44. The van der Waals surface area contributed by atoms with Crippen molar-refractivity contribution in [3.05, 3.63) is 116 Å². The van der Waals surface area contributed by atoms with E-state index in [1.165, 1.54) is 10.1 Å². The summed E-state index contributed by atoms with van der Waals surface area (Å²) in [5, 5.41) is 3.52. The van der Waals surface area contributed by atoms with Gasteiger partial charge in [0.1, 0.15) is 0 Å². The summed E-state index contributed by atoms with van der Waals surface area (Å²) in [4.78, 5) is 43.7. The van der Waals surface area contributed by atoms with E-state index in [1.807, 2.05) is 36.4 Å². The van der Waals surface area contributed by atoms with E-state index in [1.54, 1.807) is 18.2 Å². The Hall–Kier alpha value is -3.97. The van der Waals surface area contributed by atoms with Crippen LogP contribution in [-0.2, 0) is 19.5 Å². The number of carbonyl (C=O) groups is 1. The van der Waals surface area contributed by atoms with Crippen LogP contribution in [0.15, 0.2) is 88.5 Å². The van der Waals surface area contributed by atoms with Gasteiger partial charge in [0.25, 0.3) is 11.5 Å². The van der Waals surface area contributed by atoms with E-state index in [9.17, 15) is 14.4 Å². The Morgan fingerprint density at radius 2 is 1.56 bits per heavy atom. The molecule has 36 heavy (non-hydrogen) atoms. The first-order valence-corrected chi connectivity index (χ1v) is 12.4. The van der Waals surface area contributed by atoms with Gasteiger partial charge in [-0.15, -0.1) is 0 Å². The minimum absolute atomic E-state index is 0.102. The maximum Gasteiger partial charge on any atom is 0.328 e. The number of amides is 1. The van der Waals surface area contributed by atoms with Gasteiger partial charge in [0.05, 0.1) is 10.9 Å². The molecule has 3 aromatic carbocycles. The number of rotatable bonds is 7. The van der Waals surface area contributed by atoms with Crippen molar-refractivity contribution in [1.29, 1.82) is 0 Å². The van der Waals surface area contributed by atoms with Crippen molar-refractivity contribution in [2.24, 2.45) is 0 Å². The van der Waals surface area contributed by atoms with E-state index >= 15 is 0 Å². The number of aromatic amines is 1. The van der Waals surface area contributed by atoms with E-state index in [0.717, 1.165) is 38.0 Å². The van der Waals surface area contributed by atoms with Crippen molar-refractivity contribution >= 4 is 16.8 Å². The van der Waals surface area contributed by atoms with Crippen molar-refractivity contribution in [2.75, 3.05) is 13.1 Å². The Bertz CT molecular complexity index is 1450. The van der Waals surface area contributed by atoms with Gasteiger partial charge in [0.2, 0.25) is 0 Å². The summed E-state index contributed by atoms with van der Waals surface area (Å²) >= 11 is 0. The topological polar surface area (TPSA) is 87.2 Å². The molecule has 1 saturated heterocycles. The van der Waals surface area contributed by atoms with Gasteiger partial charge in [-0.05, 0) is 48.6 Å². The first-order chi connectivity index (χ1) is 17.6. The van der Waals surface area contributed by atoms with E-state index in [0.29, 0.717) is 29.4 Å². The molecule has 5 rings (SSSR count). The molecule has 7 nitrogen and oxygen atoms in total. The number of carbonyl (C=O) groups excluding carboxylic acids is 1. The highest BCUT2D eigenvalue weighted by molar-refractivity contribution is 5.97. The van der Waals surface area contributed by atoms with Crippen LogP contribution in [-0.4, -0.2) is 39.5 Å². The van der Waals surface area contributed by atoms with Gasteiger partial charge in [-0.2, -0.15) is 0 Å². The van der Waals surface area contributed by atoms with E-state index < -0.39 is 5.69 Å². The second kappa shape index (κ2) is 10.7. The highest BCUT2D eigenvalue weighted by Crippen LogP contribution is 2.15. The number of fused-ring (bicyclic) bond motifs is 1. The lowest BCUT2D eigenvalue weighted by Gasteiger charge is -2.32. The van der Waals surface area contributed by atoms with Gasteiger partial charge >= 0.3 is 5.69 Å². The fourth-order valence-electron chi connectivity index (χ4n) is 4.83. The molecule has 0 unspecified atom stereocenters. The zero-order chi connectivity index (χ0) is 24.9. The molecule has 0 aliphatic carbocycles. The van der Waals surface area contributed by atoms with Crippen molar-refractivity contribution in [3.8, 4) is 0 Å². The number of aryl methyl sites for hydroxylation is 1. The van der Waals surface area contributed by atoms with Crippen LogP contribution in [0, 0.1) is 0 Å². The van der Waals surface area contributed by atoms with Gasteiger partial charge < -0.3 is 10.3 Å². The monoisotopic (exact) mass is 482 g/mol. The Morgan fingerprint density at radius 3 is 2.25 bits per heavy atom. The third-order valence-electron chi connectivity index (χ3n) is 6.88. The summed E-state index contributed by atoms with van der Waals surface area (Å²) in [7, 11) is 0. The Balaban J connectivity index is 1.23. The summed E-state index contributed by atoms with van der Waals surface area (Å²) in [6.45, 7) is 3.06. The summed E-state index contributed by atoms with van der Waals surface area (Å²) in [5.41, 5.74) is 2.36. The highest BCUT2D eigenvalue weighted by atomic mass is 16.2. The lowest BCUT2D eigenvalue weighted by atomic mass is 10.0. The zero-order valence-electron chi connectivity index (χ0n) is 20.2. The predicted molar refractivity (Wildman–Crippen MR) is 141 cm³/mol. The summed E-state index contributed by atoms with van der Waals surface area (Å²) < 4.78 is 1.22. The van der Waals surface area contributed by atoms with Crippen molar-refractivity contribution in [1.82, 2.24) is 19.8 Å². The first-order valence-electron chi connectivity index (χ1n) is 12.4. The molecule has 0 bridgehead atoms. The number of hydrogen-bond acceptors (Lipinski definition) is 4. The Kier molecular flexibility index (Phi) is 7.09. The minimum atomic E-state index is -0.466. The normalized spacial score (nSPS) is 14.7. The number of H-pyrrole nitrogens is 1. The molecule has 2 heterocycles. The van der Waals surface area contributed by atoms with E-state index in [4.69, 9.17) is 0 Å². The minimum Gasteiger partial charge on any atom is -0.349 e. The van der Waals surface area contributed by atoms with Crippen molar-refractivity contribution in [2.45, 2.75) is 38.4 Å². The molecule has 2 N–H and O–H groups in total. The third-order valence-corrected chi connectivity index (χ3v) is 6.88. The van der Waals surface area contributed by atoms with E-state index in [2.05, 4.69) is 39.5 Å². The molecule has 0 spiro atoms. The molecule has 0 radical (unpaired) electrons. The Labute approximate surface area is 209 Å². The molecule has 0 saturated carbocycles. The predicted octanol–water partition coefficient (Wildman–Crippen LogP) is 3.33. The van der Waals surface area contributed by atoms with E-state index in [-0.39, 0.29) is 17.5 Å². The third kappa shape index (κ3) is 5.47. The maximum atomic E-state index is 13.0. The van der Waals surface area contributed by atoms with Crippen LogP contribution in [0.25, 0.3) is 10.9 Å². The van der Waals surface area contributed by atoms with Gasteiger partial charge in [0.15, 0.2) is 0 Å². The molecule has 1 amide bonds. The van der Waals surface area contributed by atoms with Gasteiger partial charge in [-0.1, -0.05) is 60.7 Å². The smallest absolute Gasteiger partial charge is 0.328 e. The average Bonchev–Trinajstić information content (AvgIpc) is 2.90. The average molecular weight is 483 g/mol. The molecule has 1 aliphatic heterocycles. The molecule has 0 atom stereocenters. The highest BCUT2D eigenvalue weighted by Gasteiger charge is 2.21. The van der Waals surface area contributed by atoms with Crippen LogP contribution in [0.4, 0.5) is 0 Å². The fraction of sp³-hybridized carbons (Fsp3) is 0.276. The van der Waals surface area contributed by atoms with Gasteiger partial charge in [-0.3, -0.25) is 19.1 Å².